The van der Waals surface area contributed by atoms with Crippen LogP contribution >= 0.6 is 0 Å². The second-order valence-electron chi connectivity index (χ2n) is 8.92. The number of aliphatic carboxylic acids is 1. The van der Waals surface area contributed by atoms with Crippen LogP contribution in [0.3, 0.4) is 0 Å². The minimum absolute atomic E-state index is 0.146. The smallest absolute Gasteiger partial charge is 0.329 e. The lowest BCUT2D eigenvalue weighted by Crippen LogP contribution is -2.54. The first-order valence-electron chi connectivity index (χ1n) is 10.2. The van der Waals surface area contributed by atoms with Crippen molar-refractivity contribution in [3.8, 4) is 5.75 Å². The summed E-state index contributed by atoms with van der Waals surface area (Å²) in [6.07, 6.45) is 0.289. The van der Waals surface area contributed by atoms with Gasteiger partial charge in [0, 0.05) is 12.1 Å². The summed E-state index contributed by atoms with van der Waals surface area (Å²) in [6, 6.07) is 13.1. The average molecular weight is 412 g/mol. The Morgan fingerprint density at radius 3 is 2.20 bits per heavy atom. The van der Waals surface area contributed by atoms with Crippen LogP contribution in [0.1, 0.15) is 68.1 Å². The van der Waals surface area contributed by atoms with Crippen molar-refractivity contribution in [1.29, 1.82) is 0 Å². The molecular weight excluding hydrogens is 378 g/mol. The molecule has 0 heterocycles. The summed E-state index contributed by atoms with van der Waals surface area (Å²) in [5.41, 5.74) is 1.85. The third-order valence-corrected chi connectivity index (χ3v) is 5.84. The van der Waals surface area contributed by atoms with Crippen molar-refractivity contribution in [3.05, 3.63) is 64.7 Å². The summed E-state index contributed by atoms with van der Waals surface area (Å²) in [6.45, 7) is 11.8. The first-order valence-corrected chi connectivity index (χ1v) is 10.2. The Hall–Kier alpha value is -2.82. The molecule has 2 rings (SSSR count). The number of carboxylic acids is 1. The van der Waals surface area contributed by atoms with E-state index in [1.165, 1.54) is 4.90 Å². The molecule has 2 aromatic carbocycles. The van der Waals surface area contributed by atoms with Gasteiger partial charge in [-0.15, -0.1) is 0 Å². The van der Waals surface area contributed by atoms with Gasteiger partial charge in [-0.1, -0.05) is 58.0 Å². The Kier molecular flexibility index (Phi) is 6.96. The number of hydrogen-bond donors (Lipinski definition) is 1. The molecule has 0 bridgehead atoms. The number of ether oxygens (including phenoxy) is 1. The van der Waals surface area contributed by atoms with Gasteiger partial charge < -0.3 is 14.7 Å². The maximum Gasteiger partial charge on any atom is 0.329 e. The van der Waals surface area contributed by atoms with Crippen LogP contribution in [0.25, 0.3) is 0 Å². The van der Waals surface area contributed by atoms with Gasteiger partial charge in [-0.3, -0.25) is 4.79 Å². The zero-order valence-corrected chi connectivity index (χ0v) is 19.1. The van der Waals surface area contributed by atoms with Gasteiger partial charge in [0.25, 0.3) is 5.91 Å². The van der Waals surface area contributed by atoms with Gasteiger partial charge in [-0.2, -0.15) is 0 Å². The fraction of sp³-hybridized carbons (Fsp3) is 0.440. The highest BCUT2D eigenvalue weighted by Gasteiger charge is 2.41. The predicted molar refractivity (Wildman–Crippen MR) is 119 cm³/mol. The molecule has 1 unspecified atom stereocenters. The molecule has 1 N–H and O–H groups in total. The zero-order valence-electron chi connectivity index (χ0n) is 19.1. The van der Waals surface area contributed by atoms with Crippen LogP contribution in [-0.2, 0) is 16.8 Å². The molecule has 5 nitrogen and oxygen atoms in total. The summed E-state index contributed by atoms with van der Waals surface area (Å²) >= 11 is 0. The lowest BCUT2D eigenvalue weighted by atomic mass is 9.85. The van der Waals surface area contributed by atoms with Crippen molar-refractivity contribution in [2.45, 2.75) is 65.5 Å². The van der Waals surface area contributed by atoms with E-state index < -0.39 is 11.5 Å². The molecule has 2 aromatic rings. The molecule has 0 aliphatic rings. The second-order valence-corrected chi connectivity index (χ2v) is 8.92. The molecule has 1 amide bonds. The molecule has 0 radical (unpaired) electrons. The van der Waals surface area contributed by atoms with E-state index in [4.69, 9.17) is 4.74 Å². The number of amides is 1. The van der Waals surface area contributed by atoms with Crippen LogP contribution in [0.2, 0.25) is 0 Å². The number of carbonyl (C=O) groups excluding carboxylic acids is 1. The summed E-state index contributed by atoms with van der Waals surface area (Å²) in [5.74, 6) is -0.730. The average Bonchev–Trinajstić information content (AvgIpc) is 2.70. The Morgan fingerprint density at radius 2 is 1.70 bits per heavy atom. The highest BCUT2D eigenvalue weighted by molar-refractivity contribution is 5.98. The van der Waals surface area contributed by atoms with Crippen LogP contribution in [0.5, 0.6) is 5.75 Å². The summed E-state index contributed by atoms with van der Waals surface area (Å²) in [4.78, 5) is 27.3. The number of hydrogen-bond acceptors (Lipinski definition) is 3. The number of carbonyl (C=O) groups is 2. The fourth-order valence-electron chi connectivity index (χ4n) is 3.49. The SMILES string of the molecule is CCC(C)(C(=O)O)N(Cc1ccccc1C)C(=O)c1ccc(C(C)(C)C)c(OC)c1. The lowest BCUT2D eigenvalue weighted by Gasteiger charge is -2.38. The maximum atomic E-state index is 13.6. The van der Waals surface area contributed by atoms with Gasteiger partial charge in [-0.05, 0) is 54.5 Å². The number of rotatable bonds is 7. The van der Waals surface area contributed by atoms with E-state index in [2.05, 4.69) is 20.8 Å². The zero-order chi connectivity index (χ0) is 22.7. The molecule has 30 heavy (non-hydrogen) atoms. The minimum atomic E-state index is -1.34. The quantitative estimate of drug-likeness (QED) is 0.680. The minimum Gasteiger partial charge on any atom is -0.496 e. The van der Waals surface area contributed by atoms with Crippen LogP contribution in [0.4, 0.5) is 0 Å². The standard InChI is InChI=1S/C25H33NO4/c1-8-25(6,23(28)29)26(16-19-12-10-9-11-17(19)2)22(27)18-13-14-20(24(3,4)5)21(15-18)30-7/h9-15H,8,16H2,1-7H3,(H,28,29). The Bertz CT molecular complexity index is 929. The number of nitrogens with zero attached hydrogens (tertiary/aromatic N) is 1. The van der Waals surface area contributed by atoms with E-state index in [1.807, 2.05) is 37.3 Å². The van der Waals surface area contributed by atoms with Gasteiger partial charge >= 0.3 is 5.97 Å². The normalized spacial score (nSPS) is 13.4. The monoisotopic (exact) mass is 411 g/mol. The molecule has 0 aromatic heterocycles. The van der Waals surface area contributed by atoms with E-state index in [1.54, 1.807) is 33.1 Å². The van der Waals surface area contributed by atoms with Crippen LogP contribution in [0.15, 0.2) is 42.5 Å². The molecule has 0 aliphatic heterocycles. The van der Waals surface area contributed by atoms with Crippen molar-refractivity contribution in [1.82, 2.24) is 4.90 Å². The van der Waals surface area contributed by atoms with Crippen molar-refractivity contribution >= 4 is 11.9 Å². The molecule has 0 aliphatic carbocycles. The van der Waals surface area contributed by atoms with E-state index >= 15 is 0 Å². The number of carboxylic acid groups (broad SMARTS) is 1. The number of benzene rings is 2. The first kappa shape index (κ1) is 23.5. The van der Waals surface area contributed by atoms with Crippen molar-refractivity contribution in [2.75, 3.05) is 7.11 Å². The van der Waals surface area contributed by atoms with Crippen molar-refractivity contribution in [2.24, 2.45) is 0 Å². The third-order valence-electron chi connectivity index (χ3n) is 5.84. The molecule has 0 spiro atoms. The first-order chi connectivity index (χ1) is 14.0. The number of methoxy groups -OCH3 is 1. The molecule has 0 saturated carbocycles. The molecule has 162 valence electrons. The maximum absolute atomic E-state index is 13.6. The fourth-order valence-corrected chi connectivity index (χ4v) is 3.49. The van der Waals surface area contributed by atoms with Gasteiger partial charge in [0.15, 0.2) is 0 Å². The van der Waals surface area contributed by atoms with Crippen LogP contribution < -0.4 is 4.74 Å². The molecular formula is C25H33NO4. The van der Waals surface area contributed by atoms with Crippen molar-refractivity contribution in [3.63, 3.8) is 0 Å². The van der Waals surface area contributed by atoms with Gasteiger partial charge in [0.05, 0.1) is 7.11 Å². The summed E-state index contributed by atoms with van der Waals surface area (Å²) < 4.78 is 5.55. The largest absolute Gasteiger partial charge is 0.496 e. The Morgan fingerprint density at radius 1 is 1.07 bits per heavy atom. The number of aryl methyl sites for hydroxylation is 1. The topological polar surface area (TPSA) is 66.8 Å². The third kappa shape index (κ3) is 4.66. The van der Waals surface area contributed by atoms with Crippen molar-refractivity contribution < 1.29 is 19.4 Å². The second kappa shape index (κ2) is 8.90. The van der Waals surface area contributed by atoms with E-state index in [-0.39, 0.29) is 24.3 Å². The van der Waals surface area contributed by atoms with Gasteiger partial charge in [0.1, 0.15) is 11.3 Å². The highest BCUT2D eigenvalue weighted by atomic mass is 16.5. The van der Waals surface area contributed by atoms with Gasteiger partial charge in [0.2, 0.25) is 0 Å². The van der Waals surface area contributed by atoms with E-state index in [9.17, 15) is 14.7 Å². The van der Waals surface area contributed by atoms with E-state index in [0.29, 0.717) is 11.3 Å². The van der Waals surface area contributed by atoms with E-state index in [0.717, 1.165) is 16.7 Å². The Labute approximate surface area is 179 Å². The predicted octanol–water partition coefficient (Wildman–Crippen LogP) is 5.20. The lowest BCUT2D eigenvalue weighted by molar-refractivity contribution is -0.149. The van der Waals surface area contributed by atoms with Crippen LogP contribution in [-0.4, -0.2) is 34.5 Å². The molecule has 0 saturated heterocycles. The molecule has 0 fully saturated rings. The molecule has 1 atom stereocenters. The Balaban J connectivity index is 2.57. The summed E-state index contributed by atoms with van der Waals surface area (Å²) in [5, 5.41) is 9.98. The van der Waals surface area contributed by atoms with Gasteiger partial charge in [-0.25, -0.2) is 4.79 Å². The molecule has 5 heteroatoms. The summed E-state index contributed by atoms with van der Waals surface area (Å²) in [7, 11) is 1.58. The highest BCUT2D eigenvalue weighted by Crippen LogP contribution is 2.33. The van der Waals surface area contributed by atoms with Crippen LogP contribution in [0, 0.1) is 6.92 Å².